The lowest BCUT2D eigenvalue weighted by atomic mass is 10.0. The Morgan fingerprint density at radius 3 is 1.58 bits per heavy atom. The van der Waals surface area contributed by atoms with Gasteiger partial charge in [0.15, 0.2) is 0 Å². The van der Waals surface area contributed by atoms with Crippen molar-refractivity contribution in [3.05, 3.63) is 10.1 Å². The predicted octanol–water partition coefficient (Wildman–Crippen LogP) is 6.48. The Balaban J connectivity index is 3.36. The van der Waals surface area contributed by atoms with E-state index in [0.29, 0.717) is 19.3 Å². The van der Waals surface area contributed by atoms with Crippen LogP contribution in [0.15, 0.2) is 0 Å². The Bertz CT molecular complexity index is 318. The molecule has 0 fully saturated rings. The summed E-state index contributed by atoms with van der Waals surface area (Å²) in [7, 11) is 0. The highest BCUT2D eigenvalue weighted by Crippen LogP contribution is 2.15. The van der Waals surface area contributed by atoms with Gasteiger partial charge in [0.05, 0.1) is 0 Å². The predicted molar refractivity (Wildman–Crippen MR) is 101 cm³/mol. The zero-order valence-corrected chi connectivity index (χ0v) is 16.1. The first-order valence-electron chi connectivity index (χ1n) is 10.2. The summed E-state index contributed by atoms with van der Waals surface area (Å²) in [5.74, 6) is 0.0483. The molecule has 0 saturated carbocycles. The van der Waals surface area contributed by atoms with Gasteiger partial charge in [0, 0.05) is 24.2 Å². The van der Waals surface area contributed by atoms with Crippen LogP contribution in [0.2, 0.25) is 0 Å². The van der Waals surface area contributed by atoms with Crippen LogP contribution >= 0.6 is 0 Å². The molecule has 1 atom stereocenters. The van der Waals surface area contributed by atoms with E-state index in [9.17, 15) is 14.9 Å². The second kappa shape index (κ2) is 16.9. The normalized spacial score (nSPS) is 12.2. The van der Waals surface area contributed by atoms with Gasteiger partial charge >= 0.3 is 0 Å². The van der Waals surface area contributed by atoms with E-state index in [1.54, 1.807) is 0 Å². The number of carbonyl (C=O) groups is 1. The van der Waals surface area contributed by atoms with Gasteiger partial charge < -0.3 is 4.79 Å². The third kappa shape index (κ3) is 15.9. The number of carbonyl (C=O) groups excluding carboxylic acids is 1. The first kappa shape index (κ1) is 23.1. The van der Waals surface area contributed by atoms with Crippen LogP contribution in [0.3, 0.4) is 0 Å². The Labute approximate surface area is 148 Å². The molecule has 0 aliphatic rings. The van der Waals surface area contributed by atoms with Crippen molar-refractivity contribution in [2.45, 2.75) is 123 Å². The molecule has 4 nitrogen and oxygen atoms in total. The van der Waals surface area contributed by atoms with E-state index in [1.165, 1.54) is 77.6 Å². The fourth-order valence-electron chi connectivity index (χ4n) is 3.12. The van der Waals surface area contributed by atoms with Gasteiger partial charge in [0.25, 0.3) is 0 Å². The number of nitrogens with zero attached hydrogens (tertiary/aromatic N) is 1. The zero-order valence-electron chi connectivity index (χ0n) is 16.1. The lowest BCUT2D eigenvalue weighted by Gasteiger charge is -2.08. The number of hydrogen-bond donors (Lipinski definition) is 0. The van der Waals surface area contributed by atoms with E-state index in [0.717, 1.165) is 12.8 Å². The van der Waals surface area contributed by atoms with E-state index < -0.39 is 6.04 Å². The van der Waals surface area contributed by atoms with Crippen molar-refractivity contribution in [2.24, 2.45) is 0 Å². The van der Waals surface area contributed by atoms with Gasteiger partial charge in [-0.1, -0.05) is 84.0 Å². The highest BCUT2D eigenvalue weighted by Gasteiger charge is 2.19. The summed E-state index contributed by atoms with van der Waals surface area (Å²) in [6.07, 6.45) is 18.1. The van der Waals surface area contributed by atoms with Crippen LogP contribution in [0.5, 0.6) is 0 Å². The molecular weight excluding hydrogens is 302 g/mol. The maximum atomic E-state index is 11.0. The molecule has 24 heavy (non-hydrogen) atoms. The third-order valence-electron chi connectivity index (χ3n) is 4.77. The SMILES string of the molecule is CCCCCCCCCCCCCCCC(CCC(C)=O)[N+](=O)[O-]. The second-order valence-electron chi connectivity index (χ2n) is 7.21. The topological polar surface area (TPSA) is 60.2 Å². The summed E-state index contributed by atoms with van der Waals surface area (Å²) in [5.41, 5.74) is 0. The van der Waals surface area contributed by atoms with Crippen LogP contribution in [-0.4, -0.2) is 16.7 Å². The molecule has 0 heterocycles. The molecule has 0 saturated heterocycles. The van der Waals surface area contributed by atoms with Crippen molar-refractivity contribution in [3.63, 3.8) is 0 Å². The van der Waals surface area contributed by atoms with E-state index in [-0.39, 0.29) is 10.7 Å². The van der Waals surface area contributed by atoms with Crippen molar-refractivity contribution >= 4 is 5.78 Å². The lowest BCUT2D eigenvalue weighted by Crippen LogP contribution is -2.20. The molecule has 4 heteroatoms. The number of Topliss-reactive ketones (excluding diaryl/α,β-unsaturated/α-hetero) is 1. The molecule has 0 bridgehead atoms. The zero-order chi connectivity index (χ0) is 18.0. The molecule has 0 spiro atoms. The average Bonchev–Trinajstić information content (AvgIpc) is 2.54. The van der Waals surface area contributed by atoms with Gasteiger partial charge in [0.1, 0.15) is 5.78 Å². The maximum Gasteiger partial charge on any atom is 0.213 e. The van der Waals surface area contributed by atoms with Gasteiger partial charge in [-0.3, -0.25) is 10.1 Å². The highest BCUT2D eigenvalue weighted by atomic mass is 16.6. The number of unbranched alkanes of at least 4 members (excludes halogenated alkanes) is 12. The quantitative estimate of drug-likeness (QED) is 0.163. The fourth-order valence-corrected chi connectivity index (χ4v) is 3.12. The van der Waals surface area contributed by atoms with Gasteiger partial charge in [-0.05, 0) is 13.3 Å². The molecule has 0 amide bonds. The van der Waals surface area contributed by atoms with Crippen LogP contribution < -0.4 is 0 Å². The minimum atomic E-state index is -0.526. The molecule has 0 N–H and O–H groups in total. The molecule has 142 valence electrons. The van der Waals surface area contributed by atoms with E-state index in [4.69, 9.17) is 0 Å². The van der Waals surface area contributed by atoms with Crippen molar-refractivity contribution in [1.82, 2.24) is 0 Å². The van der Waals surface area contributed by atoms with Crippen molar-refractivity contribution in [2.75, 3.05) is 0 Å². The van der Waals surface area contributed by atoms with Gasteiger partial charge in [-0.25, -0.2) is 0 Å². The van der Waals surface area contributed by atoms with Crippen LogP contribution in [0, 0.1) is 10.1 Å². The van der Waals surface area contributed by atoms with Gasteiger partial charge in [-0.2, -0.15) is 0 Å². The molecular formula is C20H39NO3. The van der Waals surface area contributed by atoms with Crippen molar-refractivity contribution in [3.8, 4) is 0 Å². The molecule has 0 aliphatic carbocycles. The number of hydrogen-bond acceptors (Lipinski definition) is 3. The highest BCUT2D eigenvalue weighted by molar-refractivity contribution is 5.75. The minimum absolute atomic E-state index is 0.0483. The molecule has 0 aromatic heterocycles. The van der Waals surface area contributed by atoms with Crippen molar-refractivity contribution in [1.29, 1.82) is 0 Å². The van der Waals surface area contributed by atoms with Crippen LogP contribution in [0.25, 0.3) is 0 Å². The summed E-state index contributed by atoms with van der Waals surface area (Å²) in [6, 6.07) is -0.526. The maximum absolute atomic E-state index is 11.0. The van der Waals surface area contributed by atoms with E-state index in [2.05, 4.69) is 6.92 Å². The Morgan fingerprint density at radius 1 is 0.792 bits per heavy atom. The third-order valence-corrected chi connectivity index (χ3v) is 4.77. The Morgan fingerprint density at radius 2 is 1.21 bits per heavy atom. The second-order valence-corrected chi connectivity index (χ2v) is 7.21. The average molecular weight is 342 g/mol. The van der Waals surface area contributed by atoms with Crippen LogP contribution in [0.1, 0.15) is 117 Å². The molecule has 0 radical (unpaired) electrons. The van der Waals surface area contributed by atoms with Gasteiger partial charge in [0.2, 0.25) is 6.04 Å². The molecule has 0 aromatic carbocycles. The first-order chi connectivity index (χ1) is 11.6. The van der Waals surface area contributed by atoms with E-state index in [1.807, 2.05) is 0 Å². The summed E-state index contributed by atoms with van der Waals surface area (Å²) in [4.78, 5) is 21.7. The van der Waals surface area contributed by atoms with Crippen LogP contribution in [0.4, 0.5) is 0 Å². The standard InChI is InChI=1S/C20H39NO3/c1-3-4-5-6-7-8-9-10-11-12-13-14-15-16-20(21(23)24)18-17-19(2)22/h20H,3-18H2,1-2H3. The molecule has 0 aromatic rings. The summed E-state index contributed by atoms with van der Waals surface area (Å²) in [6.45, 7) is 3.76. The van der Waals surface area contributed by atoms with Crippen LogP contribution in [-0.2, 0) is 4.79 Å². The first-order valence-corrected chi connectivity index (χ1v) is 10.2. The summed E-state index contributed by atoms with van der Waals surface area (Å²) >= 11 is 0. The van der Waals surface area contributed by atoms with E-state index >= 15 is 0 Å². The summed E-state index contributed by atoms with van der Waals surface area (Å²) < 4.78 is 0. The Kier molecular flexibility index (Phi) is 16.3. The molecule has 0 aliphatic heterocycles. The fraction of sp³-hybridized carbons (Fsp3) is 0.950. The number of ketones is 1. The molecule has 0 rings (SSSR count). The van der Waals surface area contributed by atoms with Gasteiger partial charge in [-0.15, -0.1) is 0 Å². The molecule has 1 unspecified atom stereocenters. The number of rotatable bonds is 18. The smallest absolute Gasteiger partial charge is 0.213 e. The lowest BCUT2D eigenvalue weighted by molar-refractivity contribution is -0.524. The Hall–Kier alpha value is -0.930. The summed E-state index contributed by atoms with van der Waals surface area (Å²) in [5, 5.41) is 11.0. The number of nitro groups is 1. The largest absolute Gasteiger partial charge is 0.300 e. The van der Waals surface area contributed by atoms with Crippen molar-refractivity contribution < 1.29 is 9.72 Å². The minimum Gasteiger partial charge on any atom is -0.300 e. The monoisotopic (exact) mass is 341 g/mol.